The minimum absolute atomic E-state index is 0.0482. The van der Waals surface area contributed by atoms with E-state index in [4.69, 9.17) is 10.5 Å². The number of carbonyl (C=O) groups is 2. The van der Waals surface area contributed by atoms with Crippen molar-refractivity contribution in [1.82, 2.24) is 5.32 Å². The van der Waals surface area contributed by atoms with Crippen LogP contribution in [0.2, 0.25) is 0 Å². The molecule has 0 radical (unpaired) electrons. The van der Waals surface area contributed by atoms with Crippen LogP contribution >= 0.6 is 0 Å². The number of methoxy groups -OCH3 is 1. The molecule has 0 saturated heterocycles. The first-order chi connectivity index (χ1) is 17.1. The molecule has 1 heterocycles. The van der Waals surface area contributed by atoms with E-state index in [1.54, 1.807) is 7.11 Å². The van der Waals surface area contributed by atoms with Crippen molar-refractivity contribution in [1.29, 1.82) is 0 Å². The van der Waals surface area contributed by atoms with Crippen LogP contribution in [0, 0.1) is 17.3 Å². The smallest absolute Gasteiger partial charge is 0.227 e. The molecule has 204 valence electrons. The number of rotatable bonds is 15. The molecule has 0 aromatic heterocycles. The number of aliphatic hydroxyl groups excluding tert-OH is 1. The van der Waals surface area contributed by atoms with Crippen LogP contribution in [0.15, 0.2) is 24.3 Å². The normalized spacial score (nSPS) is 18.3. The zero-order chi connectivity index (χ0) is 26.7. The van der Waals surface area contributed by atoms with Crippen molar-refractivity contribution in [3.05, 3.63) is 29.8 Å². The van der Waals surface area contributed by atoms with E-state index in [2.05, 4.69) is 18.3 Å². The lowest BCUT2D eigenvalue weighted by molar-refractivity contribution is -0.125. The number of para-hydroxylation sites is 1. The highest BCUT2D eigenvalue weighted by Crippen LogP contribution is 2.35. The lowest BCUT2D eigenvalue weighted by Crippen LogP contribution is -2.44. The summed E-state index contributed by atoms with van der Waals surface area (Å²) in [5, 5.41) is 13.6. The number of nitrogens with one attached hydrogen (secondary N) is 1. The fraction of sp³-hybridized carbons (Fsp3) is 0.724. The zero-order valence-corrected chi connectivity index (χ0v) is 23.1. The summed E-state index contributed by atoms with van der Waals surface area (Å²) < 4.78 is 5.22. The quantitative estimate of drug-likeness (QED) is 0.313. The van der Waals surface area contributed by atoms with Crippen molar-refractivity contribution in [2.24, 2.45) is 23.0 Å². The number of benzene rings is 1. The summed E-state index contributed by atoms with van der Waals surface area (Å²) in [6.07, 6.45) is 5.31. The van der Waals surface area contributed by atoms with Crippen molar-refractivity contribution in [2.45, 2.75) is 91.2 Å². The molecule has 2 amide bonds. The number of amides is 2. The lowest BCUT2D eigenvalue weighted by atomic mass is 9.79. The average molecular weight is 504 g/mol. The van der Waals surface area contributed by atoms with Gasteiger partial charge in [0.15, 0.2) is 0 Å². The van der Waals surface area contributed by atoms with E-state index in [-0.39, 0.29) is 23.1 Å². The Labute approximate surface area is 218 Å². The van der Waals surface area contributed by atoms with Crippen LogP contribution in [-0.2, 0) is 20.7 Å². The summed E-state index contributed by atoms with van der Waals surface area (Å²) in [7, 11) is 1.72. The molecular weight excluding hydrogens is 454 g/mol. The number of carbonyl (C=O) groups excluding carboxylic acids is 2. The second-order valence-corrected chi connectivity index (χ2v) is 11.4. The third-order valence-electron chi connectivity index (χ3n) is 7.28. The minimum Gasteiger partial charge on any atom is -0.391 e. The predicted octanol–water partition coefficient (Wildman–Crippen LogP) is 4.06. The minimum atomic E-state index is -0.799. The molecule has 4 N–H and O–H groups in total. The van der Waals surface area contributed by atoms with E-state index in [0.717, 1.165) is 50.9 Å². The second-order valence-electron chi connectivity index (χ2n) is 11.4. The molecule has 0 unspecified atom stereocenters. The molecule has 0 spiro atoms. The van der Waals surface area contributed by atoms with E-state index >= 15 is 0 Å². The highest BCUT2D eigenvalue weighted by molar-refractivity contribution is 5.95. The fourth-order valence-corrected chi connectivity index (χ4v) is 5.18. The zero-order valence-electron chi connectivity index (χ0n) is 23.1. The lowest BCUT2D eigenvalue weighted by Gasteiger charge is -2.37. The van der Waals surface area contributed by atoms with Crippen LogP contribution in [0.4, 0.5) is 5.69 Å². The highest BCUT2D eigenvalue weighted by Gasteiger charge is 2.34. The molecule has 0 fully saturated rings. The number of fused-ring (bicyclic) bond motifs is 1. The number of nitrogens with zero attached hydrogens (tertiary/aromatic N) is 1. The topological polar surface area (TPSA) is 105 Å². The first kappa shape index (κ1) is 30.3. The van der Waals surface area contributed by atoms with Crippen molar-refractivity contribution >= 4 is 17.5 Å². The van der Waals surface area contributed by atoms with Crippen LogP contribution in [0.1, 0.15) is 78.2 Å². The van der Waals surface area contributed by atoms with Crippen LogP contribution in [-0.4, -0.2) is 55.9 Å². The predicted molar refractivity (Wildman–Crippen MR) is 146 cm³/mol. The maximum atomic E-state index is 13.5. The van der Waals surface area contributed by atoms with Crippen molar-refractivity contribution < 1.29 is 19.4 Å². The molecular formula is C29H49N3O4. The van der Waals surface area contributed by atoms with Crippen LogP contribution in [0.3, 0.4) is 0 Å². The SMILES string of the molecule is CCCCNC(=O)[C@H](C)C[C@H](O)[C@@H](N)CC(C)(C)CC(=O)N1C[C@H](CCCOC)Cc2ccccc21. The number of unbranched alkanes of at least 4 members (excludes halogenated alkanes) is 1. The number of nitrogens with two attached hydrogens (primary N) is 1. The van der Waals surface area contributed by atoms with Crippen LogP contribution in [0.25, 0.3) is 0 Å². The molecule has 36 heavy (non-hydrogen) atoms. The fourth-order valence-electron chi connectivity index (χ4n) is 5.18. The van der Waals surface area contributed by atoms with Crippen LogP contribution in [0.5, 0.6) is 0 Å². The van der Waals surface area contributed by atoms with E-state index in [1.807, 2.05) is 43.9 Å². The molecule has 1 aromatic rings. The monoisotopic (exact) mass is 503 g/mol. The highest BCUT2D eigenvalue weighted by atomic mass is 16.5. The summed E-state index contributed by atoms with van der Waals surface area (Å²) in [5.41, 5.74) is 8.22. The van der Waals surface area contributed by atoms with Gasteiger partial charge in [-0.05, 0) is 61.5 Å². The second kappa shape index (κ2) is 14.7. The summed E-state index contributed by atoms with van der Waals surface area (Å²) >= 11 is 0. The Morgan fingerprint density at radius 3 is 2.69 bits per heavy atom. The van der Waals surface area contributed by atoms with Gasteiger partial charge in [-0.1, -0.05) is 52.3 Å². The number of hydrogen-bond donors (Lipinski definition) is 3. The van der Waals surface area contributed by atoms with Gasteiger partial charge in [0.1, 0.15) is 0 Å². The third kappa shape index (κ3) is 9.49. The first-order valence-corrected chi connectivity index (χ1v) is 13.7. The van der Waals surface area contributed by atoms with Gasteiger partial charge in [0.25, 0.3) is 0 Å². The number of ether oxygens (including phenoxy) is 1. The molecule has 1 aromatic carbocycles. The van der Waals surface area contributed by atoms with E-state index in [0.29, 0.717) is 31.7 Å². The van der Waals surface area contributed by atoms with E-state index < -0.39 is 12.1 Å². The third-order valence-corrected chi connectivity index (χ3v) is 7.28. The van der Waals surface area contributed by atoms with Gasteiger partial charge in [0, 0.05) is 50.9 Å². The Morgan fingerprint density at radius 1 is 1.28 bits per heavy atom. The molecule has 7 heteroatoms. The summed E-state index contributed by atoms with van der Waals surface area (Å²) in [6, 6.07) is 7.67. The molecule has 0 saturated carbocycles. The summed E-state index contributed by atoms with van der Waals surface area (Å²) in [5.74, 6) is 0.144. The molecule has 1 aliphatic rings. The number of aliphatic hydroxyl groups is 1. The molecule has 0 aliphatic carbocycles. The van der Waals surface area contributed by atoms with Gasteiger partial charge in [0.2, 0.25) is 11.8 Å². The van der Waals surface area contributed by atoms with Gasteiger partial charge < -0.3 is 25.8 Å². The van der Waals surface area contributed by atoms with Gasteiger partial charge in [-0.25, -0.2) is 0 Å². The van der Waals surface area contributed by atoms with Gasteiger partial charge in [-0.3, -0.25) is 9.59 Å². The Balaban J connectivity index is 1.96. The standard InChI is InChI=1S/C29H49N3O4/c1-6-7-14-31-28(35)21(2)16-26(33)24(30)18-29(3,4)19-27(34)32-20-22(11-10-15-36-5)17-23-12-8-9-13-25(23)32/h8-9,12-13,21-22,24,26,33H,6-7,10-11,14-20,30H2,1-5H3,(H,31,35)/t21-,22-,24+,26+/m1/s1. The van der Waals surface area contributed by atoms with Gasteiger partial charge in [0.05, 0.1) is 6.10 Å². The number of hydrogen-bond acceptors (Lipinski definition) is 5. The average Bonchev–Trinajstić information content (AvgIpc) is 2.83. The molecule has 0 bridgehead atoms. The summed E-state index contributed by atoms with van der Waals surface area (Å²) in [6.45, 7) is 10.1. The van der Waals surface area contributed by atoms with E-state index in [1.165, 1.54) is 5.56 Å². The number of anilines is 1. The maximum absolute atomic E-state index is 13.5. The molecule has 4 atom stereocenters. The van der Waals surface area contributed by atoms with Crippen molar-refractivity contribution in [3.8, 4) is 0 Å². The Morgan fingerprint density at radius 2 is 2.00 bits per heavy atom. The largest absolute Gasteiger partial charge is 0.391 e. The Hall–Kier alpha value is -1.96. The van der Waals surface area contributed by atoms with Crippen LogP contribution < -0.4 is 16.0 Å². The van der Waals surface area contributed by atoms with Gasteiger partial charge in [-0.2, -0.15) is 0 Å². The first-order valence-electron chi connectivity index (χ1n) is 13.7. The van der Waals surface area contributed by atoms with Gasteiger partial charge >= 0.3 is 0 Å². The Bertz CT molecular complexity index is 828. The van der Waals surface area contributed by atoms with E-state index in [9.17, 15) is 14.7 Å². The molecule has 1 aliphatic heterocycles. The maximum Gasteiger partial charge on any atom is 0.227 e. The van der Waals surface area contributed by atoms with Crippen molar-refractivity contribution in [3.63, 3.8) is 0 Å². The summed E-state index contributed by atoms with van der Waals surface area (Å²) in [4.78, 5) is 27.8. The Kier molecular flexibility index (Phi) is 12.4. The molecule has 2 rings (SSSR count). The van der Waals surface area contributed by atoms with Crippen molar-refractivity contribution in [2.75, 3.05) is 31.7 Å². The van der Waals surface area contributed by atoms with Gasteiger partial charge in [-0.15, -0.1) is 0 Å². The molecule has 7 nitrogen and oxygen atoms in total.